The van der Waals surface area contributed by atoms with Gasteiger partial charge in [-0.1, -0.05) is 62.4 Å². The Morgan fingerprint density at radius 3 is 2.42 bits per heavy atom. The van der Waals surface area contributed by atoms with E-state index in [0.29, 0.717) is 34.7 Å². The summed E-state index contributed by atoms with van der Waals surface area (Å²) < 4.78 is 1.65. The molecule has 0 saturated heterocycles. The molecule has 0 radical (unpaired) electrons. The van der Waals surface area contributed by atoms with Gasteiger partial charge >= 0.3 is 0 Å². The number of fused-ring (bicyclic) bond motifs is 1. The highest BCUT2D eigenvalue weighted by atomic mass is 35.5. The molecule has 0 bridgehead atoms. The summed E-state index contributed by atoms with van der Waals surface area (Å²) in [5, 5.41) is 1.03. The third kappa shape index (κ3) is 5.83. The first kappa shape index (κ1) is 25.0. The van der Waals surface area contributed by atoms with E-state index in [9.17, 15) is 9.59 Å². The SMILES string of the molecule is CCCCCN(C(=O)CCCC)C(C)c1nc2cc(Cl)ccc2c(=O)n1-c1ccc(C)cc1. The largest absolute Gasteiger partial charge is 0.333 e. The minimum Gasteiger partial charge on any atom is -0.333 e. The molecule has 0 aliphatic carbocycles. The molecular formula is C27H34ClN3O2. The number of hydrogen-bond acceptors (Lipinski definition) is 3. The van der Waals surface area contributed by atoms with E-state index in [4.69, 9.17) is 16.6 Å². The van der Waals surface area contributed by atoms with Crippen LogP contribution in [0.4, 0.5) is 0 Å². The fourth-order valence-corrected chi connectivity index (χ4v) is 4.24. The summed E-state index contributed by atoms with van der Waals surface area (Å²) in [7, 11) is 0. The Kier molecular flexibility index (Phi) is 8.67. The number of carbonyl (C=O) groups excluding carboxylic acids is 1. The van der Waals surface area contributed by atoms with Gasteiger partial charge in [0.1, 0.15) is 5.82 Å². The van der Waals surface area contributed by atoms with Crippen LogP contribution in [0.15, 0.2) is 47.3 Å². The summed E-state index contributed by atoms with van der Waals surface area (Å²) in [6.45, 7) is 8.87. The second-order valence-corrected chi connectivity index (χ2v) is 9.12. The first-order chi connectivity index (χ1) is 15.9. The molecule has 176 valence electrons. The molecule has 0 fully saturated rings. The van der Waals surface area contributed by atoms with Gasteiger partial charge in [-0.2, -0.15) is 0 Å². The van der Waals surface area contributed by atoms with Gasteiger partial charge in [0.05, 0.1) is 22.6 Å². The Morgan fingerprint density at radius 1 is 1.06 bits per heavy atom. The molecule has 33 heavy (non-hydrogen) atoms. The predicted molar refractivity (Wildman–Crippen MR) is 136 cm³/mol. The number of hydrogen-bond donors (Lipinski definition) is 0. The molecule has 0 spiro atoms. The molecule has 0 N–H and O–H groups in total. The van der Waals surface area contributed by atoms with E-state index in [1.54, 1.807) is 22.8 Å². The van der Waals surface area contributed by atoms with Crippen LogP contribution in [0.5, 0.6) is 0 Å². The van der Waals surface area contributed by atoms with Crippen molar-refractivity contribution in [2.75, 3.05) is 6.54 Å². The summed E-state index contributed by atoms with van der Waals surface area (Å²) >= 11 is 6.22. The molecule has 1 unspecified atom stereocenters. The number of carbonyl (C=O) groups is 1. The number of aromatic nitrogens is 2. The van der Waals surface area contributed by atoms with E-state index in [1.165, 1.54) is 0 Å². The molecule has 0 saturated carbocycles. The zero-order chi connectivity index (χ0) is 24.0. The van der Waals surface area contributed by atoms with Gasteiger partial charge in [0.15, 0.2) is 0 Å². The Balaban J connectivity index is 2.18. The minimum absolute atomic E-state index is 0.108. The molecule has 0 aliphatic heterocycles. The maximum Gasteiger partial charge on any atom is 0.266 e. The standard InChI is InChI=1S/C27H34ClN3O2/c1-5-7-9-17-30(25(32)10-8-6-2)20(4)26-29-24-18-21(28)13-16-23(24)27(33)31(26)22-14-11-19(3)12-15-22/h11-16,18,20H,5-10,17H2,1-4H3. The Labute approximate surface area is 201 Å². The molecule has 1 heterocycles. The lowest BCUT2D eigenvalue weighted by Gasteiger charge is -2.31. The van der Waals surface area contributed by atoms with Gasteiger partial charge in [-0.15, -0.1) is 0 Å². The van der Waals surface area contributed by atoms with Gasteiger partial charge in [0, 0.05) is 18.0 Å². The van der Waals surface area contributed by atoms with Gasteiger partial charge in [-0.25, -0.2) is 4.98 Å². The summed E-state index contributed by atoms with van der Waals surface area (Å²) in [6, 6.07) is 12.6. The summed E-state index contributed by atoms with van der Waals surface area (Å²) in [5.74, 6) is 0.663. The quantitative estimate of drug-likeness (QED) is 0.315. The lowest BCUT2D eigenvalue weighted by molar-refractivity contribution is -0.133. The van der Waals surface area contributed by atoms with Crippen molar-refractivity contribution in [2.45, 2.75) is 72.3 Å². The molecule has 1 amide bonds. The van der Waals surface area contributed by atoms with Gasteiger partial charge in [-0.3, -0.25) is 14.2 Å². The maximum absolute atomic E-state index is 13.7. The van der Waals surface area contributed by atoms with Crippen LogP contribution >= 0.6 is 11.6 Å². The van der Waals surface area contributed by atoms with Crippen LogP contribution in [0.3, 0.4) is 0 Å². The topological polar surface area (TPSA) is 55.2 Å². The van der Waals surface area contributed by atoms with E-state index in [1.807, 2.05) is 43.0 Å². The Bertz CT molecular complexity index is 1150. The monoisotopic (exact) mass is 467 g/mol. The molecule has 5 nitrogen and oxygen atoms in total. The third-order valence-corrected chi connectivity index (χ3v) is 6.29. The third-order valence-electron chi connectivity index (χ3n) is 6.06. The van der Waals surface area contributed by atoms with E-state index in [-0.39, 0.29) is 17.5 Å². The Hall–Kier alpha value is -2.66. The maximum atomic E-state index is 13.7. The highest BCUT2D eigenvalue weighted by Crippen LogP contribution is 2.25. The van der Waals surface area contributed by atoms with Crippen molar-refractivity contribution in [1.29, 1.82) is 0 Å². The van der Waals surface area contributed by atoms with Crippen molar-refractivity contribution in [3.05, 3.63) is 69.2 Å². The lowest BCUT2D eigenvalue weighted by Crippen LogP contribution is -2.38. The van der Waals surface area contributed by atoms with Crippen molar-refractivity contribution in [1.82, 2.24) is 14.5 Å². The zero-order valence-corrected chi connectivity index (χ0v) is 20.9. The fraction of sp³-hybridized carbons (Fsp3) is 0.444. The van der Waals surface area contributed by atoms with Crippen molar-refractivity contribution < 1.29 is 4.79 Å². The van der Waals surface area contributed by atoms with Gasteiger partial charge < -0.3 is 4.90 Å². The summed E-state index contributed by atoms with van der Waals surface area (Å²) in [5.41, 5.74) is 2.24. The average molecular weight is 468 g/mol. The average Bonchev–Trinajstić information content (AvgIpc) is 2.80. The smallest absolute Gasteiger partial charge is 0.266 e. The number of benzene rings is 2. The summed E-state index contributed by atoms with van der Waals surface area (Å²) in [4.78, 5) is 33.6. The van der Waals surface area contributed by atoms with Crippen LogP contribution < -0.4 is 5.56 Å². The Morgan fingerprint density at radius 2 is 1.76 bits per heavy atom. The van der Waals surface area contributed by atoms with Crippen LogP contribution in [0, 0.1) is 6.92 Å². The zero-order valence-electron chi connectivity index (χ0n) is 20.1. The number of halogens is 1. The van der Waals surface area contributed by atoms with Gasteiger partial charge in [0.25, 0.3) is 5.56 Å². The molecular weight excluding hydrogens is 434 g/mol. The van der Waals surface area contributed by atoms with E-state index in [2.05, 4.69) is 13.8 Å². The molecule has 2 aromatic carbocycles. The van der Waals surface area contributed by atoms with Gasteiger partial charge in [0.2, 0.25) is 5.91 Å². The van der Waals surface area contributed by atoms with Crippen molar-refractivity contribution in [3.63, 3.8) is 0 Å². The highest BCUT2D eigenvalue weighted by Gasteiger charge is 2.26. The predicted octanol–water partition coefficient (Wildman–Crippen LogP) is 6.62. The fourth-order valence-electron chi connectivity index (χ4n) is 4.08. The first-order valence-electron chi connectivity index (χ1n) is 12.0. The van der Waals surface area contributed by atoms with Crippen LogP contribution in [-0.2, 0) is 4.79 Å². The highest BCUT2D eigenvalue weighted by molar-refractivity contribution is 6.31. The number of unbranched alkanes of at least 4 members (excludes halogenated alkanes) is 3. The van der Waals surface area contributed by atoms with E-state index in [0.717, 1.165) is 43.4 Å². The first-order valence-corrected chi connectivity index (χ1v) is 12.3. The van der Waals surface area contributed by atoms with Crippen molar-refractivity contribution in [2.24, 2.45) is 0 Å². The van der Waals surface area contributed by atoms with Crippen LogP contribution in [0.2, 0.25) is 5.02 Å². The molecule has 3 aromatic rings. The molecule has 1 aromatic heterocycles. The normalized spacial score (nSPS) is 12.2. The van der Waals surface area contributed by atoms with E-state index >= 15 is 0 Å². The van der Waals surface area contributed by atoms with Crippen LogP contribution in [0.1, 0.15) is 76.7 Å². The number of amides is 1. The lowest BCUT2D eigenvalue weighted by atomic mass is 10.1. The minimum atomic E-state index is -0.358. The van der Waals surface area contributed by atoms with Gasteiger partial charge in [-0.05, 0) is 57.0 Å². The van der Waals surface area contributed by atoms with Crippen molar-refractivity contribution >= 4 is 28.4 Å². The number of aryl methyl sites for hydroxylation is 1. The summed E-state index contributed by atoms with van der Waals surface area (Å²) in [6.07, 6.45) is 5.36. The van der Waals surface area contributed by atoms with E-state index < -0.39 is 0 Å². The molecule has 0 aliphatic rings. The van der Waals surface area contributed by atoms with Crippen LogP contribution in [0.25, 0.3) is 16.6 Å². The number of rotatable bonds is 10. The second-order valence-electron chi connectivity index (χ2n) is 8.68. The van der Waals surface area contributed by atoms with Crippen LogP contribution in [-0.4, -0.2) is 26.9 Å². The molecule has 3 rings (SSSR count). The molecule has 1 atom stereocenters. The number of nitrogens with zero attached hydrogens (tertiary/aromatic N) is 3. The van der Waals surface area contributed by atoms with Crippen molar-refractivity contribution in [3.8, 4) is 5.69 Å². The molecule has 6 heteroatoms. The second kappa shape index (κ2) is 11.5.